The molecule has 54 heavy (non-hydrogen) atoms. The van der Waals surface area contributed by atoms with Crippen LogP contribution in [0.3, 0.4) is 0 Å². The summed E-state index contributed by atoms with van der Waals surface area (Å²) in [5.41, 5.74) is -3.45. The molecule has 3 aromatic rings. The minimum absolute atomic E-state index is 0.0372. The Morgan fingerprint density at radius 1 is 0.722 bits per heavy atom. The van der Waals surface area contributed by atoms with E-state index in [-0.39, 0.29) is 28.7 Å². The number of carbonyl (C=O) groups excluding carboxylic acids is 1. The van der Waals surface area contributed by atoms with Gasteiger partial charge in [-0.2, -0.15) is 35.1 Å². The predicted octanol–water partition coefficient (Wildman–Crippen LogP) is 10.7. The fraction of sp³-hybridized carbons (Fsp3) is 0.556. The highest BCUT2D eigenvalue weighted by molar-refractivity contribution is 5.84. The van der Waals surface area contributed by atoms with Crippen molar-refractivity contribution in [3.8, 4) is 28.4 Å². The van der Waals surface area contributed by atoms with Gasteiger partial charge >= 0.3 is 41.6 Å². The molecule has 7 nitrogen and oxygen atoms in total. The molecule has 1 unspecified atom stereocenters. The molecule has 1 atom stereocenters. The number of fused-ring (bicyclic) bond motifs is 1. The zero-order chi connectivity index (χ0) is 41.3. The molecule has 0 aliphatic carbocycles. The van der Waals surface area contributed by atoms with E-state index in [0.29, 0.717) is 0 Å². The van der Waals surface area contributed by atoms with Gasteiger partial charge in [-0.05, 0) is 47.6 Å². The molecule has 0 spiro atoms. The highest BCUT2D eigenvalue weighted by atomic mass is 19.4. The minimum Gasteiger partial charge on any atom is -0.497 e. The molecule has 0 bridgehead atoms. The van der Waals surface area contributed by atoms with E-state index in [9.17, 15) is 57.9 Å². The number of hydrogen-bond acceptors (Lipinski definition) is 7. The van der Waals surface area contributed by atoms with E-state index >= 15 is 0 Å². The first-order chi connectivity index (χ1) is 24.4. The zero-order valence-electron chi connectivity index (χ0n) is 30.2. The van der Waals surface area contributed by atoms with Gasteiger partial charge in [0.2, 0.25) is 0 Å². The number of halogens is 11. The highest BCUT2D eigenvalue weighted by Crippen LogP contribution is 2.54. The van der Waals surface area contributed by atoms with Crippen LogP contribution in [0, 0.1) is 16.7 Å². The van der Waals surface area contributed by atoms with Gasteiger partial charge in [0.15, 0.2) is 0 Å². The Balaban J connectivity index is 1.72. The van der Waals surface area contributed by atoms with E-state index in [0.717, 1.165) is 36.4 Å². The standard InChI is InChI=1S/C36H39F11O7/c1-30(2,3)19-25(31(4,5)6)29(49)52-15-13-33(39,40)35(43,44)34(41,42)32(37,38)12-14-51-22-9-8-20-16-24(28(48)53-26(20)18-22)23-11-10-21(50-7)17-27(23)54-36(45,46)47/h8-11,16-18,25H,12-15,19H2,1-7H3. The van der Waals surface area contributed by atoms with Crippen LogP contribution < -0.4 is 19.8 Å². The van der Waals surface area contributed by atoms with Crippen LogP contribution in [0.2, 0.25) is 0 Å². The molecule has 2 aromatic carbocycles. The molecule has 0 aliphatic rings. The van der Waals surface area contributed by atoms with Crippen molar-refractivity contribution >= 4 is 16.9 Å². The van der Waals surface area contributed by atoms with E-state index in [1.54, 1.807) is 41.5 Å². The first-order valence-corrected chi connectivity index (χ1v) is 16.3. The number of esters is 1. The second-order valence-electron chi connectivity index (χ2n) is 14.8. The molecular weight excluding hydrogens is 753 g/mol. The number of rotatable bonds is 15. The summed E-state index contributed by atoms with van der Waals surface area (Å²) in [6.45, 7) is 7.42. The van der Waals surface area contributed by atoms with Gasteiger partial charge < -0.3 is 23.4 Å². The molecule has 0 N–H and O–H groups in total. The lowest BCUT2D eigenvalue weighted by atomic mass is 9.72. The highest BCUT2D eigenvalue weighted by Gasteiger charge is 2.79. The molecule has 1 aromatic heterocycles. The quantitative estimate of drug-likeness (QED) is 0.0861. The van der Waals surface area contributed by atoms with E-state index < -0.39 is 102 Å². The maximum Gasteiger partial charge on any atom is 0.573 e. The summed E-state index contributed by atoms with van der Waals surface area (Å²) >= 11 is 0. The van der Waals surface area contributed by atoms with E-state index in [4.69, 9.17) is 18.6 Å². The molecule has 0 radical (unpaired) electrons. The third-order valence-electron chi connectivity index (χ3n) is 8.22. The summed E-state index contributed by atoms with van der Waals surface area (Å²) in [6, 6.07) is 7.40. The smallest absolute Gasteiger partial charge is 0.497 e. The summed E-state index contributed by atoms with van der Waals surface area (Å²) in [6.07, 6.45) is -9.31. The third-order valence-corrected chi connectivity index (χ3v) is 8.22. The Morgan fingerprint density at radius 2 is 1.28 bits per heavy atom. The lowest BCUT2D eigenvalue weighted by molar-refractivity contribution is -0.369. The van der Waals surface area contributed by atoms with E-state index in [1.165, 1.54) is 13.2 Å². The molecule has 302 valence electrons. The van der Waals surface area contributed by atoms with Gasteiger partial charge in [0.1, 0.15) is 22.8 Å². The van der Waals surface area contributed by atoms with Crippen molar-refractivity contribution < 1.29 is 76.5 Å². The normalized spacial score (nSPS) is 14.2. The fourth-order valence-electron chi connectivity index (χ4n) is 5.24. The van der Waals surface area contributed by atoms with Crippen molar-refractivity contribution in [3.05, 3.63) is 52.9 Å². The Labute approximate surface area is 302 Å². The van der Waals surface area contributed by atoms with Crippen LogP contribution in [-0.2, 0) is 9.53 Å². The fourth-order valence-corrected chi connectivity index (χ4v) is 5.24. The number of benzene rings is 2. The number of carbonyl (C=O) groups is 1. The van der Waals surface area contributed by atoms with Crippen LogP contribution >= 0.6 is 0 Å². The van der Waals surface area contributed by atoms with Crippen molar-refractivity contribution in [3.63, 3.8) is 0 Å². The lowest BCUT2D eigenvalue weighted by Gasteiger charge is -2.37. The first kappa shape index (κ1) is 44.1. The Hall–Kier alpha value is -4.25. The van der Waals surface area contributed by atoms with Crippen molar-refractivity contribution in [2.24, 2.45) is 16.7 Å². The zero-order valence-corrected chi connectivity index (χ0v) is 30.2. The summed E-state index contributed by atoms with van der Waals surface area (Å²) in [7, 11) is 1.18. The van der Waals surface area contributed by atoms with Crippen LogP contribution in [0.4, 0.5) is 48.3 Å². The Morgan fingerprint density at radius 3 is 1.80 bits per heavy atom. The molecule has 0 saturated heterocycles. The molecule has 1 heterocycles. The average Bonchev–Trinajstić information content (AvgIpc) is 3.01. The van der Waals surface area contributed by atoms with Crippen molar-refractivity contribution in [1.29, 1.82) is 0 Å². The molecule has 0 fully saturated rings. The number of ether oxygens (including phenoxy) is 4. The van der Waals surface area contributed by atoms with Crippen LogP contribution in [0.5, 0.6) is 17.2 Å². The van der Waals surface area contributed by atoms with Gasteiger partial charge in [0.05, 0.1) is 44.6 Å². The van der Waals surface area contributed by atoms with E-state index in [2.05, 4.69) is 4.74 Å². The van der Waals surface area contributed by atoms with Crippen LogP contribution in [0.1, 0.15) is 60.8 Å². The van der Waals surface area contributed by atoms with Gasteiger partial charge in [-0.25, -0.2) is 4.79 Å². The molecular formula is C36H39F11O7. The largest absolute Gasteiger partial charge is 0.573 e. The second-order valence-corrected chi connectivity index (χ2v) is 14.8. The predicted molar refractivity (Wildman–Crippen MR) is 174 cm³/mol. The van der Waals surface area contributed by atoms with Gasteiger partial charge in [-0.1, -0.05) is 41.5 Å². The van der Waals surface area contributed by atoms with Crippen LogP contribution in [0.25, 0.3) is 22.1 Å². The summed E-state index contributed by atoms with van der Waals surface area (Å²) < 4.78 is 179. The van der Waals surface area contributed by atoms with Crippen molar-refractivity contribution in [2.45, 2.75) is 90.9 Å². The minimum atomic E-state index is -6.61. The van der Waals surface area contributed by atoms with E-state index in [1.807, 2.05) is 0 Å². The monoisotopic (exact) mass is 792 g/mol. The number of alkyl halides is 11. The van der Waals surface area contributed by atoms with Crippen LogP contribution in [0.15, 0.2) is 51.7 Å². The second kappa shape index (κ2) is 15.5. The summed E-state index contributed by atoms with van der Waals surface area (Å²) in [5, 5.41) is 0.0540. The average molecular weight is 793 g/mol. The molecule has 0 amide bonds. The maximum absolute atomic E-state index is 14.6. The SMILES string of the molecule is COc1ccc(-c2cc3ccc(OCCC(F)(F)C(F)(F)C(F)(F)C(F)(F)CCOC(=O)C(CC(C)(C)C)C(C)(C)C)cc3oc2=O)c(OC(F)(F)F)c1. The molecule has 0 saturated carbocycles. The number of methoxy groups -OCH3 is 1. The Kier molecular flexibility index (Phi) is 12.7. The van der Waals surface area contributed by atoms with Crippen molar-refractivity contribution in [2.75, 3.05) is 20.3 Å². The summed E-state index contributed by atoms with van der Waals surface area (Å²) in [5.74, 6) is -27.9. The van der Waals surface area contributed by atoms with Crippen LogP contribution in [-0.4, -0.2) is 56.3 Å². The topological polar surface area (TPSA) is 84.2 Å². The Bertz CT molecular complexity index is 1840. The summed E-state index contributed by atoms with van der Waals surface area (Å²) in [4.78, 5) is 25.4. The molecule has 18 heteroatoms. The first-order valence-electron chi connectivity index (χ1n) is 16.3. The lowest BCUT2D eigenvalue weighted by Crippen LogP contribution is -2.62. The third kappa shape index (κ3) is 10.3. The molecule has 0 aliphatic heterocycles. The maximum atomic E-state index is 14.6. The molecule has 3 rings (SSSR count). The van der Waals surface area contributed by atoms with Gasteiger partial charge in [-0.3, -0.25) is 4.79 Å². The van der Waals surface area contributed by atoms with Gasteiger partial charge in [0, 0.05) is 23.1 Å². The van der Waals surface area contributed by atoms with Gasteiger partial charge in [0.25, 0.3) is 0 Å². The van der Waals surface area contributed by atoms with Crippen molar-refractivity contribution in [1.82, 2.24) is 0 Å². The van der Waals surface area contributed by atoms with Gasteiger partial charge in [-0.15, -0.1) is 13.2 Å². The number of hydrogen-bond donors (Lipinski definition) is 0.